The molecule has 16 heavy (non-hydrogen) atoms. The lowest BCUT2D eigenvalue weighted by Gasteiger charge is -2.47. The smallest absolute Gasteiger partial charge is 0.408 e. The fourth-order valence-corrected chi connectivity index (χ4v) is 2.42. The summed E-state index contributed by atoms with van der Waals surface area (Å²) >= 11 is 0. The molecule has 1 aliphatic carbocycles. The number of ether oxygens (including phenoxy) is 1. The lowest BCUT2D eigenvalue weighted by Crippen LogP contribution is -2.62. The maximum atomic E-state index is 11.7. The van der Waals surface area contributed by atoms with Crippen LogP contribution in [0.3, 0.4) is 0 Å². The zero-order valence-corrected chi connectivity index (χ0v) is 11.0. The molecule has 0 saturated heterocycles. The zero-order chi connectivity index (χ0) is 12.4. The van der Waals surface area contributed by atoms with Crippen molar-refractivity contribution in [3.05, 3.63) is 0 Å². The van der Waals surface area contributed by atoms with Gasteiger partial charge in [-0.2, -0.15) is 0 Å². The number of alkyl carbamates (subject to hydrolysis) is 1. The van der Waals surface area contributed by atoms with Crippen LogP contribution >= 0.6 is 0 Å². The predicted molar refractivity (Wildman–Crippen MR) is 64.4 cm³/mol. The molecule has 2 N–H and O–H groups in total. The monoisotopic (exact) mass is 228 g/mol. The Morgan fingerprint density at radius 2 is 2.00 bits per heavy atom. The number of carbonyl (C=O) groups excluding carboxylic acids is 1. The highest BCUT2D eigenvalue weighted by atomic mass is 16.6. The molecule has 0 aromatic heterocycles. The van der Waals surface area contributed by atoms with E-state index in [0.717, 1.165) is 19.4 Å². The molecule has 1 saturated carbocycles. The molecule has 0 aromatic rings. The highest BCUT2D eigenvalue weighted by Gasteiger charge is 2.43. The Morgan fingerprint density at radius 3 is 2.38 bits per heavy atom. The summed E-state index contributed by atoms with van der Waals surface area (Å²) in [6, 6.07) is 0. The van der Waals surface area contributed by atoms with E-state index in [2.05, 4.69) is 17.6 Å². The minimum absolute atomic E-state index is 0.101. The molecule has 0 bridgehead atoms. The fourth-order valence-electron chi connectivity index (χ4n) is 2.42. The molecule has 1 fully saturated rings. The Kier molecular flexibility index (Phi) is 3.84. The molecule has 1 aliphatic rings. The summed E-state index contributed by atoms with van der Waals surface area (Å²) in [6.45, 7) is 8.63. The molecule has 0 spiro atoms. The van der Waals surface area contributed by atoms with Gasteiger partial charge in [0.2, 0.25) is 0 Å². The van der Waals surface area contributed by atoms with E-state index in [1.807, 2.05) is 27.8 Å². The van der Waals surface area contributed by atoms with Crippen LogP contribution in [-0.2, 0) is 4.74 Å². The van der Waals surface area contributed by atoms with Crippen molar-refractivity contribution in [3.63, 3.8) is 0 Å². The largest absolute Gasteiger partial charge is 0.444 e. The summed E-state index contributed by atoms with van der Waals surface area (Å²) in [6.07, 6.45) is 1.73. The van der Waals surface area contributed by atoms with Crippen LogP contribution in [0, 0.1) is 5.92 Å². The van der Waals surface area contributed by atoms with Crippen molar-refractivity contribution in [2.24, 2.45) is 5.92 Å². The van der Waals surface area contributed by atoms with Gasteiger partial charge >= 0.3 is 6.09 Å². The maximum absolute atomic E-state index is 11.7. The molecule has 0 atom stereocenters. The van der Waals surface area contributed by atoms with Gasteiger partial charge in [-0.15, -0.1) is 0 Å². The Labute approximate surface area is 98.1 Å². The van der Waals surface area contributed by atoms with Gasteiger partial charge in [-0.1, -0.05) is 6.92 Å². The van der Waals surface area contributed by atoms with E-state index in [9.17, 15) is 4.79 Å². The van der Waals surface area contributed by atoms with Gasteiger partial charge in [0.25, 0.3) is 0 Å². The van der Waals surface area contributed by atoms with Gasteiger partial charge in [-0.05, 0) is 46.6 Å². The maximum Gasteiger partial charge on any atom is 0.408 e. The van der Waals surface area contributed by atoms with Gasteiger partial charge in [0.05, 0.1) is 5.54 Å². The average Bonchev–Trinajstić information content (AvgIpc) is 1.97. The second kappa shape index (κ2) is 4.62. The molecule has 4 heteroatoms. The molecule has 1 amide bonds. The van der Waals surface area contributed by atoms with E-state index < -0.39 is 5.60 Å². The van der Waals surface area contributed by atoms with Crippen LogP contribution < -0.4 is 10.6 Å². The first-order valence-corrected chi connectivity index (χ1v) is 5.92. The second-order valence-electron chi connectivity index (χ2n) is 5.95. The molecule has 94 valence electrons. The summed E-state index contributed by atoms with van der Waals surface area (Å²) in [5, 5.41) is 6.12. The molecule has 1 rings (SSSR count). The van der Waals surface area contributed by atoms with Crippen molar-refractivity contribution in [2.45, 2.75) is 51.7 Å². The summed E-state index contributed by atoms with van der Waals surface area (Å²) in [5.74, 6) is 0.684. The van der Waals surface area contributed by atoms with E-state index in [1.54, 1.807) is 0 Å². The number of rotatable bonds is 3. The van der Waals surface area contributed by atoms with Gasteiger partial charge < -0.3 is 15.4 Å². The highest BCUT2D eigenvalue weighted by molar-refractivity contribution is 5.69. The Bertz CT molecular complexity index is 247. The minimum atomic E-state index is -0.430. The predicted octanol–water partition coefficient (Wildman–Crippen LogP) is 1.90. The molecule has 0 radical (unpaired) electrons. The van der Waals surface area contributed by atoms with E-state index in [-0.39, 0.29) is 11.6 Å². The van der Waals surface area contributed by atoms with Crippen molar-refractivity contribution >= 4 is 6.09 Å². The van der Waals surface area contributed by atoms with Crippen molar-refractivity contribution in [1.29, 1.82) is 0 Å². The van der Waals surface area contributed by atoms with Crippen LogP contribution in [0.2, 0.25) is 0 Å². The van der Waals surface area contributed by atoms with Crippen molar-refractivity contribution in [2.75, 3.05) is 13.6 Å². The summed E-state index contributed by atoms with van der Waals surface area (Å²) in [5.41, 5.74) is -0.531. The third kappa shape index (κ3) is 3.67. The van der Waals surface area contributed by atoms with Gasteiger partial charge in [0.1, 0.15) is 5.60 Å². The molecule has 4 nitrogen and oxygen atoms in total. The number of amides is 1. The number of nitrogens with one attached hydrogen (secondary N) is 2. The van der Waals surface area contributed by atoms with Crippen LogP contribution in [0.5, 0.6) is 0 Å². The van der Waals surface area contributed by atoms with Crippen LogP contribution in [0.15, 0.2) is 0 Å². The molecule has 0 heterocycles. The Morgan fingerprint density at radius 1 is 1.44 bits per heavy atom. The van der Waals surface area contributed by atoms with E-state index in [4.69, 9.17) is 4.74 Å². The zero-order valence-electron chi connectivity index (χ0n) is 11.0. The topological polar surface area (TPSA) is 50.4 Å². The first-order valence-electron chi connectivity index (χ1n) is 5.92. The van der Waals surface area contributed by atoms with Crippen LogP contribution in [-0.4, -0.2) is 30.8 Å². The third-order valence-corrected chi connectivity index (χ3v) is 2.76. The van der Waals surface area contributed by atoms with Crippen LogP contribution in [0.25, 0.3) is 0 Å². The number of likely N-dealkylation sites (N-methyl/N-ethyl adjacent to an activating group) is 1. The normalized spacial score (nSPS) is 29.4. The number of hydrogen-bond donors (Lipinski definition) is 2. The SMILES string of the molecule is CNCC1(NC(=O)OC(C)(C)C)CC(C)C1. The minimum Gasteiger partial charge on any atom is -0.444 e. The van der Waals surface area contributed by atoms with E-state index >= 15 is 0 Å². The van der Waals surface area contributed by atoms with Crippen molar-refractivity contribution < 1.29 is 9.53 Å². The van der Waals surface area contributed by atoms with Crippen molar-refractivity contribution in [1.82, 2.24) is 10.6 Å². The number of carbonyl (C=O) groups is 1. The van der Waals surface area contributed by atoms with Gasteiger partial charge in [-0.3, -0.25) is 0 Å². The van der Waals surface area contributed by atoms with Crippen molar-refractivity contribution in [3.8, 4) is 0 Å². The molecule has 0 unspecified atom stereocenters. The van der Waals surface area contributed by atoms with Gasteiger partial charge in [-0.25, -0.2) is 4.79 Å². The van der Waals surface area contributed by atoms with Gasteiger partial charge in [0.15, 0.2) is 0 Å². The van der Waals surface area contributed by atoms with Gasteiger partial charge in [0, 0.05) is 6.54 Å². The molecular weight excluding hydrogens is 204 g/mol. The fraction of sp³-hybridized carbons (Fsp3) is 0.917. The highest BCUT2D eigenvalue weighted by Crippen LogP contribution is 2.37. The second-order valence-corrected chi connectivity index (χ2v) is 5.95. The molecule has 0 aromatic carbocycles. The van der Waals surface area contributed by atoms with E-state index in [0.29, 0.717) is 5.92 Å². The third-order valence-electron chi connectivity index (χ3n) is 2.76. The first-order chi connectivity index (χ1) is 7.26. The number of hydrogen-bond acceptors (Lipinski definition) is 3. The van der Waals surface area contributed by atoms with Crippen LogP contribution in [0.4, 0.5) is 4.79 Å². The average molecular weight is 228 g/mol. The lowest BCUT2D eigenvalue weighted by molar-refractivity contribution is 0.0311. The van der Waals surface area contributed by atoms with Crippen LogP contribution in [0.1, 0.15) is 40.5 Å². The van der Waals surface area contributed by atoms with E-state index in [1.165, 1.54) is 0 Å². The molecular formula is C12H24N2O2. The standard InChI is InChI=1S/C12H24N2O2/c1-9-6-12(7-9,8-13-5)14-10(15)16-11(2,3)4/h9,13H,6-8H2,1-5H3,(H,14,15). The quantitative estimate of drug-likeness (QED) is 0.775. The summed E-state index contributed by atoms with van der Waals surface area (Å²) < 4.78 is 5.27. The Hall–Kier alpha value is -0.770. The summed E-state index contributed by atoms with van der Waals surface area (Å²) in [4.78, 5) is 11.7. The first kappa shape index (κ1) is 13.3. The Balaban J connectivity index is 2.47. The lowest BCUT2D eigenvalue weighted by atomic mass is 9.69. The summed E-state index contributed by atoms with van der Waals surface area (Å²) in [7, 11) is 1.90. The molecule has 0 aliphatic heterocycles.